The molecule has 1 N–H and O–H groups in total. The molecule has 0 aromatic heterocycles. The lowest BCUT2D eigenvalue weighted by Gasteiger charge is -2.33. The molecule has 43 heavy (non-hydrogen) atoms. The fraction of sp³-hybridized carbons (Fsp3) is 0.516. The number of ether oxygens (including phenoxy) is 3. The molecule has 0 aliphatic carbocycles. The molecule has 4 rings (SSSR count). The van der Waals surface area contributed by atoms with Gasteiger partial charge in [0.2, 0.25) is 5.91 Å². The second-order valence-electron chi connectivity index (χ2n) is 12.1. The molecule has 0 radical (unpaired) electrons. The Hall–Kier alpha value is -3.80. The van der Waals surface area contributed by atoms with E-state index in [1.54, 1.807) is 18.2 Å². The van der Waals surface area contributed by atoms with Crippen molar-refractivity contribution in [1.29, 1.82) is 0 Å². The maximum Gasteiger partial charge on any atom is 0.416 e. The third kappa shape index (κ3) is 7.06. The van der Waals surface area contributed by atoms with Gasteiger partial charge >= 0.3 is 12.1 Å². The number of rotatable bonds is 7. The molecule has 1 fully saturated rings. The van der Waals surface area contributed by atoms with Gasteiger partial charge in [-0.3, -0.25) is 14.4 Å². The number of piperidine rings is 1. The van der Waals surface area contributed by atoms with Crippen molar-refractivity contribution >= 4 is 23.5 Å². The van der Waals surface area contributed by atoms with Crippen molar-refractivity contribution in [2.45, 2.75) is 58.4 Å². The van der Waals surface area contributed by atoms with Gasteiger partial charge < -0.3 is 29.1 Å². The molecule has 9 nitrogen and oxygen atoms in total. The lowest BCUT2D eigenvalue weighted by atomic mass is 9.93. The summed E-state index contributed by atoms with van der Waals surface area (Å²) >= 11 is 0. The number of benzene rings is 2. The largest absolute Gasteiger partial charge is 0.493 e. The van der Waals surface area contributed by atoms with Gasteiger partial charge in [0.15, 0.2) is 11.5 Å². The molecular formula is C31H37F3N2O7. The molecule has 1 saturated heterocycles. The topological polar surface area (TPSA) is 106 Å². The highest BCUT2D eigenvalue weighted by molar-refractivity contribution is 6.00. The summed E-state index contributed by atoms with van der Waals surface area (Å²) in [5, 5.41) is 9.49. The van der Waals surface area contributed by atoms with Crippen molar-refractivity contribution in [2.75, 3.05) is 38.8 Å². The summed E-state index contributed by atoms with van der Waals surface area (Å²) in [6.07, 6.45) is -6.80. The number of anilines is 1. The summed E-state index contributed by atoms with van der Waals surface area (Å²) in [5.41, 5.74) is -0.777. The van der Waals surface area contributed by atoms with E-state index in [0.717, 1.165) is 12.1 Å². The molecule has 0 saturated carbocycles. The van der Waals surface area contributed by atoms with Crippen LogP contribution in [-0.2, 0) is 25.3 Å². The van der Waals surface area contributed by atoms with Gasteiger partial charge in [-0.2, -0.15) is 13.2 Å². The summed E-state index contributed by atoms with van der Waals surface area (Å²) < 4.78 is 59.3. The number of aliphatic carboxylic acids is 1. The van der Waals surface area contributed by atoms with E-state index < -0.39 is 59.5 Å². The van der Waals surface area contributed by atoms with Crippen LogP contribution >= 0.6 is 0 Å². The number of fused-ring (bicyclic) bond motifs is 1. The van der Waals surface area contributed by atoms with Crippen LogP contribution in [0.25, 0.3) is 0 Å². The summed E-state index contributed by atoms with van der Waals surface area (Å²) in [6, 6.07) is 8.02. The number of likely N-dealkylation sites (tertiary alicyclic amines) is 1. The fourth-order valence-electron chi connectivity index (χ4n) is 5.60. The Morgan fingerprint density at radius 3 is 2.40 bits per heavy atom. The van der Waals surface area contributed by atoms with Crippen LogP contribution in [0.1, 0.15) is 62.8 Å². The van der Waals surface area contributed by atoms with Crippen LogP contribution in [-0.4, -0.2) is 67.7 Å². The van der Waals surface area contributed by atoms with Crippen LogP contribution < -0.4 is 14.4 Å². The molecule has 2 aromatic carbocycles. The van der Waals surface area contributed by atoms with Crippen molar-refractivity contribution in [3.63, 3.8) is 0 Å². The zero-order valence-corrected chi connectivity index (χ0v) is 24.9. The number of carbonyl (C=O) groups excluding carboxylic acids is 2. The lowest BCUT2D eigenvalue weighted by molar-refractivity contribution is -0.148. The van der Waals surface area contributed by atoms with E-state index in [9.17, 15) is 32.7 Å². The van der Waals surface area contributed by atoms with Gasteiger partial charge in [-0.15, -0.1) is 0 Å². The normalized spacial score (nSPS) is 21.2. The number of hydrogen-bond donors (Lipinski definition) is 1. The van der Waals surface area contributed by atoms with Crippen LogP contribution in [0.5, 0.6) is 11.5 Å². The molecular weight excluding hydrogens is 569 g/mol. The van der Waals surface area contributed by atoms with Crippen molar-refractivity contribution in [2.24, 2.45) is 11.3 Å². The van der Waals surface area contributed by atoms with Gasteiger partial charge in [0.1, 0.15) is 12.2 Å². The Balaban J connectivity index is 1.86. The molecule has 2 heterocycles. The number of para-hydroxylation sites is 1. The molecule has 0 bridgehead atoms. The van der Waals surface area contributed by atoms with Gasteiger partial charge in [0.05, 0.1) is 32.1 Å². The highest BCUT2D eigenvalue weighted by Gasteiger charge is 2.42. The number of carbonyl (C=O) groups is 3. The van der Waals surface area contributed by atoms with Crippen LogP contribution in [0, 0.1) is 11.3 Å². The quantitative estimate of drug-likeness (QED) is 0.456. The minimum absolute atomic E-state index is 0.00306. The Labute approximate surface area is 248 Å². The molecule has 2 amide bonds. The standard InChI is InChI=1S/C31H37F3N2O7/c1-30(2,3)17-36-22-12-11-19(31(32,33)34)14-21(22)26(20-9-6-10-23(41-4)27(20)42-5)43-24(28(36)38)15-25(37)35-13-7-8-18(16-35)29(39)40/h6,9-12,14,18,24,26H,7-8,13,15-17H2,1-5H3,(H,39,40). The zero-order chi connectivity index (χ0) is 31.7. The second-order valence-corrected chi connectivity index (χ2v) is 12.1. The first kappa shape index (κ1) is 32.1. The van der Waals surface area contributed by atoms with E-state index in [0.29, 0.717) is 30.7 Å². The predicted molar refractivity (Wildman–Crippen MR) is 151 cm³/mol. The number of nitrogens with zero attached hydrogens (tertiary/aromatic N) is 2. The summed E-state index contributed by atoms with van der Waals surface area (Å²) in [4.78, 5) is 42.1. The average Bonchev–Trinajstić information content (AvgIpc) is 3.05. The number of amides is 2. The summed E-state index contributed by atoms with van der Waals surface area (Å²) in [6.45, 7) is 6.13. The Kier molecular flexibility index (Phi) is 9.29. The van der Waals surface area contributed by atoms with Crippen LogP contribution in [0.15, 0.2) is 36.4 Å². The number of carboxylic acid groups (broad SMARTS) is 1. The number of halogens is 3. The summed E-state index contributed by atoms with van der Waals surface area (Å²) in [5.74, 6) is -2.27. The van der Waals surface area contributed by atoms with Gasteiger partial charge in [-0.1, -0.05) is 32.9 Å². The molecule has 2 aromatic rings. The number of methoxy groups -OCH3 is 2. The summed E-state index contributed by atoms with van der Waals surface area (Å²) in [7, 11) is 2.81. The van der Waals surface area contributed by atoms with Gasteiger partial charge in [0, 0.05) is 36.4 Å². The van der Waals surface area contributed by atoms with Crippen molar-refractivity contribution < 1.29 is 46.9 Å². The second kappa shape index (κ2) is 12.4. The van der Waals surface area contributed by atoms with E-state index in [4.69, 9.17) is 14.2 Å². The highest BCUT2D eigenvalue weighted by atomic mass is 19.4. The maximum absolute atomic E-state index is 14.2. The molecule has 234 valence electrons. The monoisotopic (exact) mass is 606 g/mol. The first-order valence-electron chi connectivity index (χ1n) is 14.0. The molecule has 0 spiro atoms. The number of alkyl halides is 3. The third-order valence-electron chi connectivity index (χ3n) is 7.60. The first-order valence-corrected chi connectivity index (χ1v) is 14.0. The predicted octanol–water partition coefficient (Wildman–Crippen LogP) is 5.30. The fourth-order valence-corrected chi connectivity index (χ4v) is 5.60. The highest BCUT2D eigenvalue weighted by Crippen LogP contribution is 2.46. The van der Waals surface area contributed by atoms with Crippen molar-refractivity contribution in [3.8, 4) is 11.5 Å². The van der Waals surface area contributed by atoms with Crippen LogP contribution in [0.4, 0.5) is 18.9 Å². The minimum atomic E-state index is -4.67. The molecule has 3 atom stereocenters. The van der Waals surface area contributed by atoms with E-state index in [-0.39, 0.29) is 30.1 Å². The van der Waals surface area contributed by atoms with Crippen molar-refractivity contribution in [1.82, 2.24) is 4.90 Å². The van der Waals surface area contributed by atoms with Gasteiger partial charge in [-0.05, 0) is 42.5 Å². The van der Waals surface area contributed by atoms with Crippen LogP contribution in [0.2, 0.25) is 0 Å². The average molecular weight is 607 g/mol. The van der Waals surface area contributed by atoms with E-state index in [1.807, 2.05) is 20.8 Å². The van der Waals surface area contributed by atoms with E-state index in [1.165, 1.54) is 30.1 Å². The number of carboxylic acids is 1. The van der Waals surface area contributed by atoms with Crippen molar-refractivity contribution in [3.05, 3.63) is 53.1 Å². The minimum Gasteiger partial charge on any atom is -0.493 e. The lowest BCUT2D eigenvalue weighted by Crippen LogP contribution is -2.47. The molecule has 2 aliphatic heterocycles. The maximum atomic E-state index is 14.2. The zero-order valence-electron chi connectivity index (χ0n) is 24.9. The molecule has 12 heteroatoms. The molecule has 3 unspecified atom stereocenters. The Morgan fingerprint density at radius 1 is 1.07 bits per heavy atom. The SMILES string of the molecule is COc1cccc(C2OC(CC(=O)N3CCCC(C(=O)O)C3)C(=O)N(CC(C)(C)C)c3ccc(C(F)(F)F)cc32)c1OC. The van der Waals surface area contributed by atoms with Crippen LogP contribution in [0.3, 0.4) is 0 Å². The first-order chi connectivity index (χ1) is 20.1. The molecule has 2 aliphatic rings. The van der Waals surface area contributed by atoms with E-state index >= 15 is 0 Å². The third-order valence-corrected chi connectivity index (χ3v) is 7.60. The smallest absolute Gasteiger partial charge is 0.416 e. The van der Waals surface area contributed by atoms with Gasteiger partial charge in [0.25, 0.3) is 5.91 Å². The Bertz CT molecular complexity index is 1370. The Morgan fingerprint density at radius 2 is 1.79 bits per heavy atom. The van der Waals surface area contributed by atoms with Gasteiger partial charge in [-0.25, -0.2) is 0 Å². The number of hydrogen-bond acceptors (Lipinski definition) is 6. The van der Waals surface area contributed by atoms with E-state index in [2.05, 4.69) is 0 Å².